The van der Waals surface area contributed by atoms with Gasteiger partial charge in [-0.25, -0.2) is 4.39 Å². The third-order valence-electron chi connectivity index (χ3n) is 4.20. The largest absolute Gasteiger partial charge is 0.368 e. The van der Waals surface area contributed by atoms with E-state index in [1.165, 1.54) is 25.3 Å². The van der Waals surface area contributed by atoms with Gasteiger partial charge in [-0.1, -0.05) is 6.07 Å². The molecule has 92 valence electrons. The van der Waals surface area contributed by atoms with Gasteiger partial charge in [-0.3, -0.25) is 0 Å². The molecule has 1 aliphatic carbocycles. The van der Waals surface area contributed by atoms with Crippen molar-refractivity contribution in [2.75, 3.05) is 11.4 Å². The molecule has 2 unspecified atom stereocenters. The Morgan fingerprint density at radius 3 is 2.82 bits per heavy atom. The predicted octanol–water partition coefficient (Wildman–Crippen LogP) is 2.83. The molecule has 2 N–H and O–H groups in total. The van der Waals surface area contributed by atoms with Gasteiger partial charge in [0.25, 0.3) is 0 Å². The van der Waals surface area contributed by atoms with Crippen LogP contribution in [0.15, 0.2) is 18.2 Å². The van der Waals surface area contributed by atoms with Crippen LogP contribution < -0.4 is 10.6 Å². The minimum Gasteiger partial charge on any atom is -0.368 e. The van der Waals surface area contributed by atoms with Crippen molar-refractivity contribution < 1.29 is 4.39 Å². The Hall–Kier alpha value is -1.09. The van der Waals surface area contributed by atoms with Crippen LogP contribution in [0.4, 0.5) is 10.1 Å². The van der Waals surface area contributed by atoms with Crippen LogP contribution in [-0.2, 0) is 0 Å². The van der Waals surface area contributed by atoms with Crippen LogP contribution in [-0.4, -0.2) is 12.6 Å². The van der Waals surface area contributed by atoms with Crippen LogP contribution in [0, 0.1) is 11.7 Å². The minimum absolute atomic E-state index is 0.166. The van der Waals surface area contributed by atoms with E-state index in [0.717, 1.165) is 18.2 Å². The Bertz CT molecular complexity index is 430. The summed E-state index contributed by atoms with van der Waals surface area (Å²) >= 11 is 0. The lowest BCUT2D eigenvalue weighted by molar-refractivity contribution is 0.545. The molecule has 0 radical (unpaired) electrons. The number of rotatable bonds is 2. The molecule has 3 heteroatoms. The second-order valence-electron chi connectivity index (χ2n) is 5.45. The van der Waals surface area contributed by atoms with Crippen molar-refractivity contribution in [2.24, 2.45) is 11.7 Å². The lowest BCUT2D eigenvalue weighted by Gasteiger charge is -2.32. The number of hydrogen-bond acceptors (Lipinski definition) is 2. The number of piperidine rings is 1. The van der Waals surface area contributed by atoms with Gasteiger partial charge in [0.15, 0.2) is 0 Å². The van der Waals surface area contributed by atoms with Gasteiger partial charge in [-0.05, 0) is 44.2 Å². The Kier molecular flexibility index (Phi) is 2.58. The van der Waals surface area contributed by atoms with Crippen molar-refractivity contribution in [1.82, 2.24) is 0 Å². The highest BCUT2D eigenvalue weighted by Crippen LogP contribution is 2.42. The molecule has 1 aliphatic heterocycles. The molecular formula is C14H19FN2. The summed E-state index contributed by atoms with van der Waals surface area (Å²) in [5, 5.41) is 0. The Labute approximate surface area is 102 Å². The summed E-state index contributed by atoms with van der Waals surface area (Å²) < 4.78 is 13.9. The van der Waals surface area contributed by atoms with Gasteiger partial charge in [0.1, 0.15) is 5.82 Å². The van der Waals surface area contributed by atoms with E-state index >= 15 is 0 Å². The zero-order valence-corrected chi connectivity index (χ0v) is 10.2. The molecule has 2 aliphatic rings. The van der Waals surface area contributed by atoms with E-state index in [-0.39, 0.29) is 11.9 Å². The molecule has 1 heterocycles. The molecular weight excluding hydrogens is 215 g/mol. The average molecular weight is 234 g/mol. The SMILES string of the molecule is C[C@@H](N)c1c(F)cccc1N1CC2CCC1C2. The topological polar surface area (TPSA) is 29.3 Å². The van der Waals surface area contributed by atoms with E-state index in [1.54, 1.807) is 6.07 Å². The van der Waals surface area contributed by atoms with Crippen LogP contribution in [0.5, 0.6) is 0 Å². The number of benzene rings is 1. The summed E-state index contributed by atoms with van der Waals surface area (Å²) in [7, 11) is 0. The zero-order valence-electron chi connectivity index (χ0n) is 10.2. The fourth-order valence-corrected chi connectivity index (χ4v) is 3.45. The van der Waals surface area contributed by atoms with Gasteiger partial charge in [-0.15, -0.1) is 0 Å². The molecule has 0 spiro atoms. The quantitative estimate of drug-likeness (QED) is 0.852. The number of halogens is 1. The maximum Gasteiger partial charge on any atom is 0.130 e. The Morgan fingerprint density at radius 2 is 2.24 bits per heavy atom. The van der Waals surface area contributed by atoms with Gasteiger partial charge in [0.05, 0.1) is 0 Å². The maximum atomic E-state index is 13.9. The molecule has 0 amide bonds. The normalized spacial score (nSPS) is 28.8. The van der Waals surface area contributed by atoms with Crippen molar-refractivity contribution in [3.8, 4) is 0 Å². The molecule has 1 aromatic rings. The molecule has 3 rings (SSSR count). The van der Waals surface area contributed by atoms with Crippen molar-refractivity contribution in [3.05, 3.63) is 29.6 Å². The molecule has 3 atom stereocenters. The van der Waals surface area contributed by atoms with E-state index in [1.807, 2.05) is 13.0 Å². The molecule has 1 saturated heterocycles. The van der Waals surface area contributed by atoms with Gasteiger partial charge >= 0.3 is 0 Å². The van der Waals surface area contributed by atoms with Crippen LogP contribution in [0.3, 0.4) is 0 Å². The van der Waals surface area contributed by atoms with Crippen molar-refractivity contribution in [3.63, 3.8) is 0 Å². The highest BCUT2D eigenvalue weighted by Gasteiger charge is 2.38. The van der Waals surface area contributed by atoms with Crippen molar-refractivity contribution in [1.29, 1.82) is 0 Å². The van der Waals surface area contributed by atoms with Crippen molar-refractivity contribution >= 4 is 5.69 Å². The number of nitrogens with zero attached hydrogens (tertiary/aromatic N) is 1. The van der Waals surface area contributed by atoms with Gasteiger partial charge < -0.3 is 10.6 Å². The summed E-state index contributed by atoms with van der Waals surface area (Å²) in [6.45, 7) is 2.93. The Morgan fingerprint density at radius 1 is 1.41 bits per heavy atom. The smallest absolute Gasteiger partial charge is 0.130 e. The first-order valence-electron chi connectivity index (χ1n) is 6.47. The first kappa shape index (κ1) is 11.0. The number of fused-ring (bicyclic) bond motifs is 2. The third-order valence-corrected chi connectivity index (χ3v) is 4.20. The van der Waals surface area contributed by atoms with Crippen LogP contribution in [0.25, 0.3) is 0 Å². The third kappa shape index (κ3) is 1.73. The summed E-state index contributed by atoms with van der Waals surface area (Å²) in [6.07, 6.45) is 3.86. The summed E-state index contributed by atoms with van der Waals surface area (Å²) in [5.41, 5.74) is 7.62. The number of anilines is 1. The summed E-state index contributed by atoms with van der Waals surface area (Å²) in [6, 6.07) is 5.69. The molecule has 1 aromatic carbocycles. The standard InChI is InChI=1S/C14H19FN2/c1-9(16)14-12(15)3-2-4-13(14)17-8-10-5-6-11(17)7-10/h2-4,9-11H,5-8,16H2,1H3/t9-,10?,11?/m1/s1. The fraction of sp³-hybridized carbons (Fsp3) is 0.571. The minimum atomic E-state index is -0.245. The second kappa shape index (κ2) is 3.98. The van der Waals surface area contributed by atoms with Crippen LogP contribution in [0.1, 0.15) is 37.8 Å². The van der Waals surface area contributed by atoms with E-state index in [0.29, 0.717) is 11.6 Å². The van der Waals surface area contributed by atoms with Crippen molar-refractivity contribution in [2.45, 2.75) is 38.3 Å². The zero-order chi connectivity index (χ0) is 12.0. The highest BCUT2D eigenvalue weighted by molar-refractivity contribution is 5.57. The monoisotopic (exact) mass is 234 g/mol. The number of nitrogens with two attached hydrogens (primary N) is 1. The molecule has 0 aromatic heterocycles. The number of hydrogen-bond donors (Lipinski definition) is 1. The second-order valence-corrected chi connectivity index (χ2v) is 5.45. The van der Waals surface area contributed by atoms with E-state index in [2.05, 4.69) is 4.90 Å². The molecule has 1 saturated carbocycles. The molecule has 17 heavy (non-hydrogen) atoms. The fourth-order valence-electron chi connectivity index (χ4n) is 3.45. The molecule has 2 nitrogen and oxygen atoms in total. The van der Waals surface area contributed by atoms with E-state index < -0.39 is 0 Å². The maximum absolute atomic E-state index is 13.9. The lowest BCUT2D eigenvalue weighted by Crippen LogP contribution is -2.33. The summed E-state index contributed by atoms with van der Waals surface area (Å²) in [4.78, 5) is 2.37. The lowest BCUT2D eigenvalue weighted by atomic mass is 10.0. The van der Waals surface area contributed by atoms with Crippen LogP contribution in [0.2, 0.25) is 0 Å². The average Bonchev–Trinajstić information content (AvgIpc) is 2.89. The summed E-state index contributed by atoms with van der Waals surface area (Å²) in [5.74, 6) is 0.643. The predicted molar refractivity (Wildman–Crippen MR) is 67.5 cm³/mol. The van der Waals surface area contributed by atoms with Gasteiger partial charge in [0.2, 0.25) is 0 Å². The van der Waals surface area contributed by atoms with Gasteiger partial charge in [0, 0.05) is 29.9 Å². The Balaban J connectivity index is 2.00. The highest BCUT2D eigenvalue weighted by atomic mass is 19.1. The van der Waals surface area contributed by atoms with Crippen LogP contribution >= 0.6 is 0 Å². The van der Waals surface area contributed by atoms with Gasteiger partial charge in [-0.2, -0.15) is 0 Å². The van der Waals surface area contributed by atoms with E-state index in [9.17, 15) is 4.39 Å². The first-order chi connectivity index (χ1) is 8.16. The molecule has 2 fully saturated rings. The molecule has 2 bridgehead atoms. The van der Waals surface area contributed by atoms with E-state index in [4.69, 9.17) is 5.73 Å². The first-order valence-corrected chi connectivity index (χ1v) is 6.47.